The average Bonchev–Trinajstić information content (AvgIpc) is 3.08. The number of H-pyrrole nitrogens is 2. The van der Waals surface area contributed by atoms with Gasteiger partial charge in [0.2, 0.25) is 5.95 Å². The van der Waals surface area contributed by atoms with Gasteiger partial charge in [-0.05, 0) is 43.3 Å². The largest absolute Gasteiger partial charge is 0.357 e. The number of nitrogens with one attached hydrogen (secondary N) is 4. The number of hydrogen-bond acceptors (Lipinski definition) is 4. The Balaban J connectivity index is 1.26. The van der Waals surface area contributed by atoms with E-state index in [-0.39, 0.29) is 5.56 Å². The highest BCUT2D eigenvalue weighted by molar-refractivity contribution is 6.38. The summed E-state index contributed by atoms with van der Waals surface area (Å²) < 4.78 is 0. The first-order valence-corrected chi connectivity index (χ1v) is 9.76. The summed E-state index contributed by atoms with van der Waals surface area (Å²) in [7, 11) is 0. The third-order valence-corrected chi connectivity index (χ3v) is 4.99. The number of hydrogen-bond donors (Lipinski definition) is 4. The molecule has 0 aliphatic rings. The van der Waals surface area contributed by atoms with E-state index in [2.05, 4.69) is 25.6 Å². The molecule has 0 atom stereocenters. The number of halogens is 2. The van der Waals surface area contributed by atoms with E-state index in [9.17, 15) is 4.79 Å². The summed E-state index contributed by atoms with van der Waals surface area (Å²) in [5.41, 5.74) is 2.53. The van der Waals surface area contributed by atoms with Crippen LogP contribution in [0.15, 0.2) is 47.3 Å². The van der Waals surface area contributed by atoms with Crippen molar-refractivity contribution in [2.75, 3.05) is 18.4 Å². The summed E-state index contributed by atoms with van der Waals surface area (Å²) >= 11 is 12.3. The third kappa shape index (κ3) is 4.14. The molecule has 2 aromatic heterocycles. The van der Waals surface area contributed by atoms with Crippen LogP contribution in [-0.2, 0) is 6.54 Å². The number of fused-ring (bicyclic) bond motifs is 2. The molecule has 0 saturated heterocycles. The van der Waals surface area contributed by atoms with E-state index in [0.29, 0.717) is 40.0 Å². The molecule has 0 bridgehead atoms. The quantitative estimate of drug-likeness (QED) is 0.339. The van der Waals surface area contributed by atoms with E-state index < -0.39 is 0 Å². The molecule has 0 unspecified atom stereocenters. The lowest BCUT2D eigenvalue weighted by Gasteiger charge is -2.07. The predicted octanol–water partition coefficient (Wildman–Crippen LogP) is 4.30. The van der Waals surface area contributed by atoms with Crippen molar-refractivity contribution in [1.29, 1.82) is 0 Å². The lowest BCUT2D eigenvalue weighted by atomic mass is 10.2. The molecule has 6 nitrogen and oxygen atoms in total. The summed E-state index contributed by atoms with van der Waals surface area (Å²) in [4.78, 5) is 22.6. The standard InChI is InChI=1S/C20H19Cl2N5O/c21-12-8-16(22)15-10-13(25-18(15)9-12)11-23-6-3-7-24-20-26-17-5-2-1-4-14(17)19(28)27-20/h1-2,4-5,8-10,23,25H,3,6-7,11H2,(H2,24,26,27,28). The van der Waals surface area contributed by atoms with E-state index in [0.717, 1.165) is 29.6 Å². The van der Waals surface area contributed by atoms with Gasteiger partial charge >= 0.3 is 0 Å². The second-order valence-electron chi connectivity index (χ2n) is 6.53. The highest BCUT2D eigenvalue weighted by atomic mass is 35.5. The van der Waals surface area contributed by atoms with Gasteiger partial charge in [0.1, 0.15) is 0 Å². The van der Waals surface area contributed by atoms with E-state index in [1.54, 1.807) is 12.1 Å². The van der Waals surface area contributed by atoms with Crippen LogP contribution in [-0.4, -0.2) is 28.0 Å². The first-order chi connectivity index (χ1) is 13.6. The Bertz CT molecular complexity index is 1180. The van der Waals surface area contributed by atoms with Gasteiger partial charge in [-0.3, -0.25) is 9.78 Å². The van der Waals surface area contributed by atoms with Crippen LogP contribution in [0.25, 0.3) is 21.8 Å². The lowest BCUT2D eigenvalue weighted by molar-refractivity contribution is 0.655. The second-order valence-corrected chi connectivity index (χ2v) is 7.38. The minimum atomic E-state index is -0.135. The van der Waals surface area contributed by atoms with Gasteiger partial charge in [0.25, 0.3) is 5.56 Å². The van der Waals surface area contributed by atoms with Crippen LogP contribution in [0.5, 0.6) is 0 Å². The molecular weight excluding hydrogens is 397 g/mol. The summed E-state index contributed by atoms with van der Waals surface area (Å²) in [6.07, 6.45) is 0.878. The molecule has 0 fully saturated rings. The zero-order valence-electron chi connectivity index (χ0n) is 15.0. The SMILES string of the molecule is O=c1[nH]c(NCCCNCc2cc3c(Cl)cc(Cl)cc3[nH]2)nc2ccccc12. The summed E-state index contributed by atoms with van der Waals surface area (Å²) in [6.45, 7) is 2.21. The van der Waals surface area contributed by atoms with Crippen LogP contribution in [0.4, 0.5) is 5.95 Å². The zero-order valence-corrected chi connectivity index (χ0v) is 16.5. The Labute approximate surface area is 171 Å². The van der Waals surface area contributed by atoms with Gasteiger partial charge in [0.15, 0.2) is 0 Å². The predicted molar refractivity (Wildman–Crippen MR) is 115 cm³/mol. The van der Waals surface area contributed by atoms with Crippen molar-refractivity contribution in [3.05, 3.63) is 68.6 Å². The maximum absolute atomic E-state index is 12.0. The number of anilines is 1. The highest BCUT2D eigenvalue weighted by Gasteiger charge is 2.06. The Morgan fingerprint density at radius 2 is 1.86 bits per heavy atom. The van der Waals surface area contributed by atoms with Crippen LogP contribution >= 0.6 is 23.2 Å². The van der Waals surface area contributed by atoms with Crippen molar-refractivity contribution in [3.8, 4) is 0 Å². The molecule has 0 radical (unpaired) electrons. The first kappa shape index (κ1) is 18.8. The number of rotatable bonds is 7. The third-order valence-electron chi connectivity index (χ3n) is 4.46. The van der Waals surface area contributed by atoms with Crippen LogP contribution in [0, 0.1) is 0 Å². The van der Waals surface area contributed by atoms with Gasteiger partial charge in [0.05, 0.1) is 15.9 Å². The van der Waals surface area contributed by atoms with Crippen LogP contribution < -0.4 is 16.2 Å². The Morgan fingerprint density at radius 1 is 1.00 bits per heavy atom. The van der Waals surface area contributed by atoms with E-state index in [4.69, 9.17) is 23.2 Å². The average molecular weight is 416 g/mol. The van der Waals surface area contributed by atoms with Crippen molar-refractivity contribution in [3.63, 3.8) is 0 Å². The van der Waals surface area contributed by atoms with E-state index >= 15 is 0 Å². The van der Waals surface area contributed by atoms with Gasteiger partial charge in [-0.15, -0.1) is 0 Å². The summed E-state index contributed by atoms with van der Waals surface area (Å²) in [5.74, 6) is 0.492. The van der Waals surface area contributed by atoms with Gasteiger partial charge in [-0.2, -0.15) is 0 Å². The minimum absolute atomic E-state index is 0.135. The molecule has 0 aliphatic carbocycles. The van der Waals surface area contributed by atoms with Crippen LogP contribution in [0.2, 0.25) is 10.0 Å². The van der Waals surface area contributed by atoms with Crippen molar-refractivity contribution < 1.29 is 0 Å². The highest BCUT2D eigenvalue weighted by Crippen LogP contribution is 2.28. The number of aromatic nitrogens is 3. The van der Waals surface area contributed by atoms with Crippen molar-refractivity contribution in [2.45, 2.75) is 13.0 Å². The topological polar surface area (TPSA) is 85.6 Å². The fraction of sp³-hybridized carbons (Fsp3) is 0.200. The zero-order chi connectivity index (χ0) is 19.5. The monoisotopic (exact) mass is 415 g/mol. The number of para-hydroxylation sites is 1. The summed E-state index contributed by atoms with van der Waals surface area (Å²) in [5, 5.41) is 9.37. The molecule has 2 aromatic carbocycles. The molecule has 4 N–H and O–H groups in total. The van der Waals surface area contributed by atoms with Crippen molar-refractivity contribution in [1.82, 2.24) is 20.3 Å². The molecule has 0 saturated carbocycles. The van der Waals surface area contributed by atoms with Gasteiger partial charge in [-0.25, -0.2) is 4.98 Å². The van der Waals surface area contributed by atoms with Gasteiger partial charge in [0, 0.05) is 34.7 Å². The maximum Gasteiger partial charge on any atom is 0.260 e. The fourth-order valence-electron chi connectivity index (χ4n) is 3.13. The first-order valence-electron chi connectivity index (χ1n) is 9.00. The Hall–Kier alpha value is -2.54. The van der Waals surface area contributed by atoms with E-state index in [1.165, 1.54) is 0 Å². The Morgan fingerprint density at radius 3 is 2.75 bits per heavy atom. The fourth-order valence-corrected chi connectivity index (χ4v) is 3.67. The molecule has 4 rings (SSSR count). The normalized spacial score (nSPS) is 11.4. The van der Waals surface area contributed by atoms with Crippen LogP contribution in [0.1, 0.15) is 12.1 Å². The molecule has 4 aromatic rings. The maximum atomic E-state index is 12.0. The number of aromatic amines is 2. The minimum Gasteiger partial charge on any atom is -0.357 e. The molecule has 8 heteroatoms. The molecule has 0 aliphatic heterocycles. The number of nitrogens with zero attached hydrogens (tertiary/aromatic N) is 1. The lowest BCUT2D eigenvalue weighted by Crippen LogP contribution is -2.19. The smallest absolute Gasteiger partial charge is 0.260 e. The van der Waals surface area contributed by atoms with Crippen molar-refractivity contribution in [2.24, 2.45) is 0 Å². The van der Waals surface area contributed by atoms with Gasteiger partial charge in [-0.1, -0.05) is 35.3 Å². The molecule has 144 valence electrons. The molecule has 0 amide bonds. The molecule has 28 heavy (non-hydrogen) atoms. The van der Waals surface area contributed by atoms with Crippen LogP contribution in [0.3, 0.4) is 0 Å². The molecular formula is C20H19Cl2N5O. The van der Waals surface area contributed by atoms with E-state index in [1.807, 2.05) is 30.3 Å². The second kappa shape index (κ2) is 8.22. The molecule has 2 heterocycles. The summed E-state index contributed by atoms with van der Waals surface area (Å²) in [6, 6.07) is 12.9. The molecule has 0 spiro atoms. The Kier molecular flexibility index (Phi) is 5.52. The number of benzene rings is 2. The van der Waals surface area contributed by atoms with Crippen molar-refractivity contribution >= 4 is 51.0 Å². The van der Waals surface area contributed by atoms with Gasteiger partial charge < -0.3 is 15.6 Å².